The van der Waals surface area contributed by atoms with E-state index in [1.165, 1.54) is 0 Å². The number of hydrogen-bond acceptors (Lipinski definition) is 4. The zero-order chi connectivity index (χ0) is 12.6. The Labute approximate surface area is 99.0 Å². The maximum atomic E-state index is 13.0. The van der Waals surface area contributed by atoms with Gasteiger partial charge in [-0.1, -0.05) is 16.8 Å². The molecule has 0 amide bonds. The molecule has 2 rings (SSSR count). The van der Waals surface area contributed by atoms with Gasteiger partial charge in [0.15, 0.2) is 11.5 Å². The fourth-order valence-corrected chi connectivity index (χ4v) is 1.40. The minimum Gasteiger partial charge on any atom is -0.507 e. The third-order valence-corrected chi connectivity index (χ3v) is 2.32. The van der Waals surface area contributed by atoms with Crippen molar-refractivity contribution < 1.29 is 23.9 Å². The number of aromatic carboxylic acids is 1. The lowest BCUT2D eigenvalue weighted by Gasteiger charge is -2.01. The van der Waals surface area contributed by atoms with E-state index < -0.39 is 17.5 Å². The standard InChI is InChI=1S/C10H5ClFNO4/c11-5-1-4(8(14)2-6(5)12)9-3-7(10(15)16)13-17-9/h1-3,14H,(H,15,16). The molecular formula is C10H5ClFNO4. The summed E-state index contributed by atoms with van der Waals surface area (Å²) >= 11 is 5.54. The summed E-state index contributed by atoms with van der Waals surface area (Å²) in [5, 5.41) is 21.2. The maximum absolute atomic E-state index is 13.0. The van der Waals surface area contributed by atoms with Crippen molar-refractivity contribution in [1.82, 2.24) is 5.16 Å². The van der Waals surface area contributed by atoms with E-state index in [1.807, 2.05) is 0 Å². The van der Waals surface area contributed by atoms with Crippen LogP contribution in [0.15, 0.2) is 22.7 Å². The first-order chi connectivity index (χ1) is 7.99. The zero-order valence-corrected chi connectivity index (χ0v) is 8.90. The van der Waals surface area contributed by atoms with Crippen LogP contribution in [0, 0.1) is 5.82 Å². The number of aromatic nitrogens is 1. The molecule has 0 radical (unpaired) electrons. The van der Waals surface area contributed by atoms with E-state index in [0.29, 0.717) is 0 Å². The van der Waals surface area contributed by atoms with Crippen molar-refractivity contribution in [3.63, 3.8) is 0 Å². The number of nitrogens with zero attached hydrogens (tertiary/aromatic N) is 1. The van der Waals surface area contributed by atoms with Gasteiger partial charge in [-0.15, -0.1) is 0 Å². The summed E-state index contributed by atoms with van der Waals surface area (Å²) in [5.74, 6) is -2.49. The average molecular weight is 258 g/mol. The normalized spacial score (nSPS) is 10.5. The van der Waals surface area contributed by atoms with Crippen LogP contribution < -0.4 is 0 Å². The number of benzene rings is 1. The molecule has 0 saturated heterocycles. The molecule has 1 aromatic carbocycles. The molecule has 0 bridgehead atoms. The predicted molar refractivity (Wildman–Crippen MR) is 55.5 cm³/mol. The predicted octanol–water partition coefficient (Wildman–Crippen LogP) is 2.54. The van der Waals surface area contributed by atoms with Crippen molar-refractivity contribution >= 4 is 17.6 Å². The Bertz CT molecular complexity index is 596. The Hall–Kier alpha value is -2.08. The number of carboxylic acids is 1. The van der Waals surface area contributed by atoms with Crippen LogP contribution in [0.25, 0.3) is 11.3 Å². The van der Waals surface area contributed by atoms with Gasteiger partial charge >= 0.3 is 5.97 Å². The summed E-state index contributed by atoms with van der Waals surface area (Å²) in [4.78, 5) is 10.6. The minimum absolute atomic E-state index is 0.0122. The number of phenols is 1. The monoisotopic (exact) mass is 257 g/mol. The number of aromatic hydroxyl groups is 1. The molecule has 0 atom stereocenters. The van der Waals surface area contributed by atoms with Crippen molar-refractivity contribution in [2.75, 3.05) is 0 Å². The molecule has 2 aromatic rings. The number of rotatable bonds is 2. The first-order valence-electron chi connectivity index (χ1n) is 4.37. The molecule has 0 aliphatic heterocycles. The van der Waals surface area contributed by atoms with Gasteiger partial charge in [-0.05, 0) is 6.07 Å². The number of phenolic OH excluding ortho intramolecular Hbond substituents is 1. The third-order valence-electron chi connectivity index (χ3n) is 2.03. The third kappa shape index (κ3) is 2.07. The average Bonchev–Trinajstić information content (AvgIpc) is 2.72. The van der Waals surface area contributed by atoms with Gasteiger partial charge in [-0.25, -0.2) is 9.18 Å². The van der Waals surface area contributed by atoms with E-state index in [0.717, 1.165) is 18.2 Å². The van der Waals surface area contributed by atoms with Crippen LogP contribution >= 0.6 is 11.6 Å². The summed E-state index contributed by atoms with van der Waals surface area (Å²) in [6.07, 6.45) is 0. The molecule has 1 heterocycles. The molecule has 2 N–H and O–H groups in total. The van der Waals surface area contributed by atoms with E-state index in [2.05, 4.69) is 5.16 Å². The van der Waals surface area contributed by atoms with Gasteiger partial charge in [0.1, 0.15) is 11.6 Å². The van der Waals surface area contributed by atoms with Crippen molar-refractivity contribution in [2.24, 2.45) is 0 Å². The maximum Gasteiger partial charge on any atom is 0.358 e. The van der Waals surface area contributed by atoms with Gasteiger partial charge in [0.2, 0.25) is 0 Å². The van der Waals surface area contributed by atoms with Gasteiger partial charge in [0.05, 0.1) is 10.6 Å². The highest BCUT2D eigenvalue weighted by Gasteiger charge is 2.16. The molecule has 0 aliphatic carbocycles. The molecule has 0 spiro atoms. The fraction of sp³-hybridized carbons (Fsp3) is 0. The number of halogens is 2. The molecule has 0 unspecified atom stereocenters. The van der Waals surface area contributed by atoms with Gasteiger partial charge < -0.3 is 14.7 Å². The molecule has 5 nitrogen and oxygen atoms in total. The summed E-state index contributed by atoms with van der Waals surface area (Å²) in [6.45, 7) is 0. The van der Waals surface area contributed by atoms with E-state index >= 15 is 0 Å². The van der Waals surface area contributed by atoms with E-state index in [9.17, 15) is 14.3 Å². The molecule has 88 valence electrons. The smallest absolute Gasteiger partial charge is 0.358 e. The van der Waals surface area contributed by atoms with Crippen molar-refractivity contribution in [1.29, 1.82) is 0 Å². The lowest BCUT2D eigenvalue weighted by Crippen LogP contribution is -1.94. The summed E-state index contributed by atoms with van der Waals surface area (Å²) in [6, 6.07) is 3.03. The number of carboxylic acid groups (broad SMARTS) is 1. The van der Waals surface area contributed by atoms with Crippen molar-refractivity contribution in [3.8, 4) is 17.1 Å². The first kappa shape index (κ1) is 11.4. The van der Waals surface area contributed by atoms with Gasteiger partial charge in [0.25, 0.3) is 0 Å². The lowest BCUT2D eigenvalue weighted by atomic mass is 10.1. The van der Waals surface area contributed by atoms with Crippen LogP contribution in [0.5, 0.6) is 5.75 Å². The van der Waals surface area contributed by atoms with Crippen LogP contribution in [0.1, 0.15) is 10.5 Å². The molecular weight excluding hydrogens is 253 g/mol. The Morgan fingerprint density at radius 1 is 1.41 bits per heavy atom. The van der Waals surface area contributed by atoms with E-state index in [-0.39, 0.29) is 22.0 Å². The Kier molecular flexibility index (Phi) is 2.72. The highest BCUT2D eigenvalue weighted by atomic mass is 35.5. The van der Waals surface area contributed by atoms with Gasteiger partial charge in [0, 0.05) is 12.1 Å². The Balaban J connectivity index is 2.52. The molecule has 0 saturated carbocycles. The van der Waals surface area contributed by atoms with Crippen molar-refractivity contribution in [2.45, 2.75) is 0 Å². The quantitative estimate of drug-likeness (QED) is 0.864. The summed E-state index contributed by atoms with van der Waals surface area (Å²) in [5.41, 5.74) is -0.253. The molecule has 0 fully saturated rings. The fourth-order valence-electron chi connectivity index (χ4n) is 1.24. The second kappa shape index (κ2) is 4.06. The number of carbonyl (C=O) groups is 1. The highest BCUT2D eigenvalue weighted by Crippen LogP contribution is 2.33. The van der Waals surface area contributed by atoms with Gasteiger partial charge in [-0.3, -0.25) is 0 Å². The summed E-state index contributed by atoms with van der Waals surface area (Å²) in [7, 11) is 0. The Morgan fingerprint density at radius 3 is 2.71 bits per heavy atom. The lowest BCUT2D eigenvalue weighted by molar-refractivity contribution is 0.0686. The second-order valence-electron chi connectivity index (χ2n) is 3.17. The van der Waals surface area contributed by atoms with Crippen LogP contribution in [-0.2, 0) is 0 Å². The molecule has 1 aromatic heterocycles. The van der Waals surface area contributed by atoms with Crippen LogP contribution in [-0.4, -0.2) is 21.3 Å². The summed E-state index contributed by atoms with van der Waals surface area (Å²) < 4.78 is 17.7. The first-order valence-corrected chi connectivity index (χ1v) is 4.75. The van der Waals surface area contributed by atoms with E-state index in [4.69, 9.17) is 21.2 Å². The minimum atomic E-state index is -1.27. The van der Waals surface area contributed by atoms with Crippen LogP contribution in [0.4, 0.5) is 4.39 Å². The van der Waals surface area contributed by atoms with E-state index in [1.54, 1.807) is 0 Å². The molecule has 17 heavy (non-hydrogen) atoms. The largest absolute Gasteiger partial charge is 0.507 e. The SMILES string of the molecule is O=C(O)c1cc(-c2cc(Cl)c(F)cc2O)on1. The van der Waals surface area contributed by atoms with Crippen LogP contribution in [0.2, 0.25) is 5.02 Å². The van der Waals surface area contributed by atoms with Crippen LogP contribution in [0.3, 0.4) is 0 Å². The highest BCUT2D eigenvalue weighted by molar-refractivity contribution is 6.31. The second-order valence-corrected chi connectivity index (χ2v) is 3.57. The van der Waals surface area contributed by atoms with Gasteiger partial charge in [-0.2, -0.15) is 0 Å². The zero-order valence-electron chi connectivity index (χ0n) is 8.15. The Morgan fingerprint density at radius 2 is 2.12 bits per heavy atom. The molecule has 7 heteroatoms. The van der Waals surface area contributed by atoms with Crippen molar-refractivity contribution in [3.05, 3.63) is 34.7 Å². The molecule has 0 aliphatic rings. The topological polar surface area (TPSA) is 83.6 Å². The number of hydrogen-bond donors (Lipinski definition) is 2.